The van der Waals surface area contributed by atoms with Crippen molar-refractivity contribution in [2.75, 3.05) is 34.4 Å². The maximum absolute atomic E-state index is 12.9. The molecular formula is C24H32N2O5. The van der Waals surface area contributed by atoms with Gasteiger partial charge in [0, 0.05) is 12.1 Å². The molecule has 2 aromatic rings. The van der Waals surface area contributed by atoms with Gasteiger partial charge in [0.15, 0.2) is 11.5 Å². The minimum Gasteiger partial charge on any atom is -0.493 e. The fraction of sp³-hybridized carbons (Fsp3) is 0.417. The van der Waals surface area contributed by atoms with Crippen LogP contribution in [-0.4, -0.2) is 51.2 Å². The summed E-state index contributed by atoms with van der Waals surface area (Å²) in [6, 6.07) is 12.2. The predicted molar refractivity (Wildman–Crippen MR) is 119 cm³/mol. The standard InChI is InChI=1S/C24H32N2O5/c1-6-26(7-2)16-17-8-10-18(11-9-17)24(28)25-20(15-23(27)31-5)19-12-13-21(29-3)22(14-19)30-4/h8-14,20H,6-7,15-16H2,1-5H3,(H,25,28). The Kier molecular flexibility index (Phi) is 9.34. The Labute approximate surface area is 184 Å². The van der Waals surface area contributed by atoms with Gasteiger partial charge in [-0.3, -0.25) is 14.5 Å². The van der Waals surface area contributed by atoms with Crippen LogP contribution in [0.2, 0.25) is 0 Å². The number of nitrogens with one attached hydrogen (secondary N) is 1. The highest BCUT2D eigenvalue weighted by Crippen LogP contribution is 2.31. The van der Waals surface area contributed by atoms with Crippen molar-refractivity contribution in [2.45, 2.75) is 32.9 Å². The molecule has 1 N–H and O–H groups in total. The first kappa shape index (κ1) is 24.2. The van der Waals surface area contributed by atoms with Crippen molar-refractivity contribution in [3.63, 3.8) is 0 Å². The first-order chi connectivity index (χ1) is 14.9. The molecule has 0 fully saturated rings. The molecule has 0 aliphatic carbocycles. The van der Waals surface area contributed by atoms with Crippen molar-refractivity contribution in [1.29, 1.82) is 0 Å². The molecule has 2 rings (SSSR count). The third-order valence-corrected chi connectivity index (χ3v) is 5.23. The Morgan fingerprint density at radius 3 is 2.13 bits per heavy atom. The van der Waals surface area contributed by atoms with E-state index in [0.29, 0.717) is 17.1 Å². The Hall–Kier alpha value is -3.06. The summed E-state index contributed by atoms with van der Waals surface area (Å²) >= 11 is 0. The average Bonchev–Trinajstić information content (AvgIpc) is 2.81. The van der Waals surface area contributed by atoms with Crippen LogP contribution in [0.5, 0.6) is 11.5 Å². The van der Waals surface area contributed by atoms with Crippen LogP contribution in [0, 0.1) is 0 Å². The lowest BCUT2D eigenvalue weighted by molar-refractivity contribution is -0.141. The van der Waals surface area contributed by atoms with Gasteiger partial charge in [-0.2, -0.15) is 0 Å². The number of rotatable bonds is 11. The molecule has 0 aromatic heterocycles. The summed E-state index contributed by atoms with van der Waals surface area (Å²) in [6.07, 6.45) is -0.00222. The van der Waals surface area contributed by atoms with Crippen molar-refractivity contribution < 1.29 is 23.8 Å². The van der Waals surface area contributed by atoms with Crippen LogP contribution >= 0.6 is 0 Å². The van der Waals surface area contributed by atoms with Gasteiger partial charge in [-0.1, -0.05) is 32.0 Å². The molecule has 2 aromatic carbocycles. The molecule has 31 heavy (non-hydrogen) atoms. The van der Waals surface area contributed by atoms with E-state index in [4.69, 9.17) is 14.2 Å². The number of hydrogen-bond donors (Lipinski definition) is 1. The van der Waals surface area contributed by atoms with Crippen LogP contribution in [0.15, 0.2) is 42.5 Å². The molecule has 0 aliphatic rings. The second kappa shape index (κ2) is 12.0. The van der Waals surface area contributed by atoms with E-state index in [1.54, 1.807) is 37.4 Å². The normalized spacial score (nSPS) is 11.7. The van der Waals surface area contributed by atoms with Gasteiger partial charge in [-0.15, -0.1) is 0 Å². The van der Waals surface area contributed by atoms with Crippen molar-refractivity contribution >= 4 is 11.9 Å². The van der Waals surface area contributed by atoms with Crippen molar-refractivity contribution in [3.8, 4) is 11.5 Å². The lowest BCUT2D eigenvalue weighted by Crippen LogP contribution is -2.30. The fourth-order valence-electron chi connectivity index (χ4n) is 3.28. The SMILES string of the molecule is CCN(CC)Cc1ccc(C(=O)NC(CC(=O)OC)c2ccc(OC)c(OC)c2)cc1. The summed E-state index contributed by atoms with van der Waals surface area (Å²) in [5.74, 6) is 0.399. The summed E-state index contributed by atoms with van der Waals surface area (Å²) in [6.45, 7) is 7.03. The van der Waals surface area contributed by atoms with Gasteiger partial charge in [-0.25, -0.2) is 0 Å². The van der Waals surface area contributed by atoms with E-state index in [1.807, 2.05) is 12.1 Å². The van der Waals surface area contributed by atoms with Crippen LogP contribution in [0.4, 0.5) is 0 Å². The van der Waals surface area contributed by atoms with Crippen molar-refractivity contribution in [2.24, 2.45) is 0 Å². The monoisotopic (exact) mass is 428 g/mol. The van der Waals surface area contributed by atoms with Gasteiger partial charge in [-0.05, 0) is 48.5 Å². The lowest BCUT2D eigenvalue weighted by Gasteiger charge is -2.20. The first-order valence-electron chi connectivity index (χ1n) is 10.4. The number of nitrogens with zero attached hydrogens (tertiary/aromatic N) is 1. The number of carbonyl (C=O) groups excluding carboxylic acids is 2. The zero-order valence-electron chi connectivity index (χ0n) is 18.9. The zero-order valence-corrected chi connectivity index (χ0v) is 18.9. The van der Waals surface area contributed by atoms with Gasteiger partial charge in [0.1, 0.15) is 0 Å². The molecule has 0 heterocycles. The molecule has 1 unspecified atom stereocenters. The van der Waals surface area contributed by atoms with Crippen LogP contribution in [0.3, 0.4) is 0 Å². The quantitative estimate of drug-likeness (QED) is 0.552. The van der Waals surface area contributed by atoms with Gasteiger partial charge in [0.25, 0.3) is 5.91 Å². The molecular weight excluding hydrogens is 396 g/mol. The number of hydrogen-bond acceptors (Lipinski definition) is 6. The second-order valence-electron chi connectivity index (χ2n) is 7.08. The van der Waals surface area contributed by atoms with E-state index in [2.05, 4.69) is 24.1 Å². The fourth-order valence-corrected chi connectivity index (χ4v) is 3.28. The molecule has 0 spiro atoms. The van der Waals surface area contributed by atoms with E-state index in [9.17, 15) is 9.59 Å². The first-order valence-corrected chi connectivity index (χ1v) is 10.4. The summed E-state index contributed by atoms with van der Waals surface area (Å²) in [5.41, 5.74) is 2.39. The summed E-state index contributed by atoms with van der Waals surface area (Å²) in [4.78, 5) is 27.2. The molecule has 0 radical (unpaired) electrons. The second-order valence-corrected chi connectivity index (χ2v) is 7.08. The Balaban J connectivity index is 2.20. The van der Waals surface area contributed by atoms with Gasteiger partial charge >= 0.3 is 5.97 Å². The van der Waals surface area contributed by atoms with E-state index < -0.39 is 12.0 Å². The average molecular weight is 429 g/mol. The maximum atomic E-state index is 12.9. The molecule has 7 nitrogen and oxygen atoms in total. The van der Waals surface area contributed by atoms with Crippen molar-refractivity contribution in [3.05, 3.63) is 59.2 Å². The summed E-state index contributed by atoms with van der Waals surface area (Å²) < 4.78 is 15.4. The number of carbonyl (C=O) groups is 2. The predicted octanol–water partition coefficient (Wildman–Crippen LogP) is 3.58. The highest BCUT2D eigenvalue weighted by molar-refractivity contribution is 5.94. The number of ether oxygens (including phenoxy) is 3. The molecule has 7 heteroatoms. The largest absolute Gasteiger partial charge is 0.493 e. The highest BCUT2D eigenvalue weighted by atomic mass is 16.5. The van der Waals surface area contributed by atoms with E-state index >= 15 is 0 Å². The topological polar surface area (TPSA) is 77.1 Å². The smallest absolute Gasteiger partial charge is 0.307 e. The lowest BCUT2D eigenvalue weighted by atomic mass is 10.0. The molecule has 0 saturated heterocycles. The molecule has 0 saturated carbocycles. The van der Waals surface area contributed by atoms with Crippen LogP contribution in [0.1, 0.15) is 47.8 Å². The van der Waals surface area contributed by atoms with E-state index in [1.165, 1.54) is 14.2 Å². The van der Waals surface area contributed by atoms with Gasteiger partial charge < -0.3 is 19.5 Å². The third kappa shape index (κ3) is 6.72. The summed E-state index contributed by atoms with van der Waals surface area (Å²) in [7, 11) is 4.41. The molecule has 1 atom stereocenters. The molecule has 0 aliphatic heterocycles. The Morgan fingerprint density at radius 1 is 0.935 bits per heavy atom. The summed E-state index contributed by atoms with van der Waals surface area (Å²) in [5, 5.41) is 2.94. The van der Waals surface area contributed by atoms with E-state index in [-0.39, 0.29) is 12.3 Å². The minimum atomic E-state index is -0.574. The van der Waals surface area contributed by atoms with Gasteiger partial charge in [0.2, 0.25) is 0 Å². The van der Waals surface area contributed by atoms with E-state index in [0.717, 1.165) is 30.8 Å². The Bertz CT molecular complexity index is 863. The number of methoxy groups -OCH3 is 3. The third-order valence-electron chi connectivity index (χ3n) is 5.23. The van der Waals surface area contributed by atoms with Crippen LogP contribution in [0.25, 0.3) is 0 Å². The highest BCUT2D eigenvalue weighted by Gasteiger charge is 2.21. The maximum Gasteiger partial charge on any atom is 0.307 e. The zero-order chi connectivity index (χ0) is 22.8. The Morgan fingerprint density at radius 2 is 1.58 bits per heavy atom. The van der Waals surface area contributed by atoms with Crippen molar-refractivity contribution in [1.82, 2.24) is 10.2 Å². The minimum absolute atomic E-state index is 0.00222. The molecule has 0 bridgehead atoms. The van der Waals surface area contributed by atoms with Gasteiger partial charge in [0.05, 0.1) is 33.8 Å². The van der Waals surface area contributed by atoms with Crippen LogP contribution in [-0.2, 0) is 16.1 Å². The molecule has 1 amide bonds. The number of benzene rings is 2. The van der Waals surface area contributed by atoms with Crippen LogP contribution < -0.4 is 14.8 Å². The number of esters is 1. The molecule has 168 valence electrons. The number of amides is 1.